The molecule has 4 rings (SSSR count). The maximum atomic E-state index is 13.2. The third kappa shape index (κ3) is 2.90. The van der Waals surface area contributed by atoms with Gasteiger partial charge in [0.05, 0.1) is 29.1 Å². The summed E-state index contributed by atoms with van der Waals surface area (Å²) < 4.78 is 65.3. The molecule has 10 heteroatoms. The zero-order valence-electron chi connectivity index (χ0n) is 13.7. The number of hydrogen-bond donors (Lipinski definition) is 2. The number of halogens is 3. The van der Waals surface area contributed by atoms with Crippen LogP contribution in [0.1, 0.15) is 24.0 Å². The van der Waals surface area contributed by atoms with Crippen LogP contribution in [0.25, 0.3) is 10.9 Å². The predicted octanol–water partition coefficient (Wildman–Crippen LogP) is 2.46. The fourth-order valence-electron chi connectivity index (χ4n) is 4.13. The molecule has 2 aromatic rings. The van der Waals surface area contributed by atoms with Gasteiger partial charge in [-0.05, 0) is 42.4 Å². The van der Waals surface area contributed by atoms with E-state index in [1.165, 1.54) is 12.4 Å². The number of aromatic nitrogens is 2. The summed E-state index contributed by atoms with van der Waals surface area (Å²) in [6, 6.07) is 1.97. The summed E-state index contributed by atoms with van der Waals surface area (Å²) in [4.78, 5) is 0. The minimum atomic E-state index is -4.53. The Balaban J connectivity index is 1.66. The van der Waals surface area contributed by atoms with Crippen molar-refractivity contribution in [3.63, 3.8) is 0 Å². The van der Waals surface area contributed by atoms with E-state index in [-0.39, 0.29) is 41.7 Å². The number of fused-ring (bicyclic) bond motifs is 2. The van der Waals surface area contributed by atoms with Crippen molar-refractivity contribution in [3.8, 4) is 0 Å². The lowest BCUT2D eigenvalue weighted by molar-refractivity contribution is -0.137. The second-order valence-corrected chi connectivity index (χ2v) is 8.86. The van der Waals surface area contributed by atoms with Gasteiger partial charge >= 0.3 is 6.18 Å². The van der Waals surface area contributed by atoms with Gasteiger partial charge in [-0.25, -0.2) is 8.42 Å². The Bertz CT molecular complexity index is 1000. The maximum absolute atomic E-state index is 13.2. The third-order valence-corrected chi connectivity index (χ3v) is 5.86. The molecule has 0 amide bonds. The van der Waals surface area contributed by atoms with Gasteiger partial charge in [-0.1, -0.05) is 0 Å². The topological polar surface area (TPSA) is 95.4 Å². The fourth-order valence-corrected chi connectivity index (χ4v) is 4.50. The number of nitrogens with one attached hydrogen (secondary N) is 1. The molecule has 140 valence electrons. The Hall–Kier alpha value is -1.94. The first-order valence-corrected chi connectivity index (χ1v) is 9.85. The van der Waals surface area contributed by atoms with E-state index in [1.807, 2.05) is 0 Å². The van der Waals surface area contributed by atoms with Crippen molar-refractivity contribution in [1.82, 2.24) is 10.2 Å². The first-order chi connectivity index (χ1) is 12.0. The molecule has 2 aliphatic rings. The van der Waals surface area contributed by atoms with Crippen LogP contribution < -0.4 is 0 Å². The summed E-state index contributed by atoms with van der Waals surface area (Å²) in [5.41, 5.74) is -1.80. The summed E-state index contributed by atoms with van der Waals surface area (Å²) in [7, 11) is -3.46. The molecule has 0 radical (unpaired) electrons. The van der Waals surface area contributed by atoms with Crippen LogP contribution in [0, 0.1) is 17.8 Å². The molecule has 2 aliphatic carbocycles. The molecule has 2 unspecified atom stereocenters. The van der Waals surface area contributed by atoms with Crippen LogP contribution in [0.2, 0.25) is 0 Å². The lowest BCUT2D eigenvalue weighted by Crippen LogP contribution is -2.26. The molecule has 2 N–H and O–H groups in total. The van der Waals surface area contributed by atoms with Gasteiger partial charge in [0.15, 0.2) is 0 Å². The number of rotatable bonds is 3. The van der Waals surface area contributed by atoms with Crippen molar-refractivity contribution in [2.24, 2.45) is 22.2 Å². The number of H-pyrrole nitrogens is 1. The summed E-state index contributed by atoms with van der Waals surface area (Å²) >= 11 is 0. The number of alkyl halides is 3. The molecule has 0 spiro atoms. The molecule has 26 heavy (non-hydrogen) atoms. The Kier molecular flexibility index (Phi) is 3.55. The van der Waals surface area contributed by atoms with Crippen molar-refractivity contribution >= 4 is 27.1 Å². The Morgan fingerprint density at radius 3 is 2.58 bits per heavy atom. The minimum Gasteiger partial charge on any atom is -0.385 e. The second-order valence-electron chi connectivity index (χ2n) is 7.19. The highest BCUT2D eigenvalue weighted by atomic mass is 32.2. The Morgan fingerprint density at radius 1 is 1.35 bits per heavy atom. The van der Waals surface area contributed by atoms with Crippen LogP contribution in [0.3, 0.4) is 0 Å². The van der Waals surface area contributed by atoms with E-state index < -0.39 is 27.4 Å². The molecule has 1 heterocycles. The predicted molar refractivity (Wildman–Crippen MR) is 88.0 cm³/mol. The maximum Gasteiger partial charge on any atom is 0.416 e. The SMILES string of the molecule is CS(=O)(=O)N=CC1[C@H]2CC(O)(c3cc(C(F)(F)F)cc4[nH]ncc34)C[C@@H]12. The summed E-state index contributed by atoms with van der Waals surface area (Å²) in [6.45, 7) is 0. The van der Waals surface area contributed by atoms with Crippen molar-refractivity contribution in [2.45, 2.75) is 24.6 Å². The van der Waals surface area contributed by atoms with E-state index in [1.54, 1.807) is 0 Å². The lowest BCUT2D eigenvalue weighted by Gasteiger charge is -2.27. The van der Waals surface area contributed by atoms with Crippen LogP contribution in [-0.2, 0) is 21.8 Å². The average Bonchev–Trinajstić information content (AvgIpc) is 2.89. The zero-order chi connectivity index (χ0) is 18.9. The highest BCUT2D eigenvalue weighted by Gasteiger charge is 2.61. The molecule has 2 saturated carbocycles. The van der Waals surface area contributed by atoms with Crippen LogP contribution in [-0.4, -0.2) is 36.2 Å². The van der Waals surface area contributed by atoms with Crippen LogP contribution in [0.4, 0.5) is 13.2 Å². The number of aromatic amines is 1. The van der Waals surface area contributed by atoms with E-state index in [0.717, 1.165) is 18.4 Å². The molecule has 0 saturated heterocycles. The Labute approximate surface area is 147 Å². The van der Waals surface area contributed by atoms with Gasteiger partial charge in [0, 0.05) is 17.5 Å². The van der Waals surface area contributed by atoms with Crippen molar-refractivity contribution < 1.29 is 26.7 Å². The number of hydrogen-bond acceptors (Lipinski definition) is 4. The van der Waals surface area contributed by atoms with Gasteiger partial charge in [-0.3, -0.25) is 5.10 Å². The summed E-state index contributed by atoms with van der Waals surface area (Å²) in [6.07, 6.45) is -0.217. The largest absolute Gasteiger partial charge is 0.416 e. The van der Waals surface area contributed by atoms with Gasteiger partial charge < -0.3 is 5.11 Å². The monoisotopic (exact) mass is 387 g/mol. The van der Waals surface area contributed by atoms with Gasteiger partial charge in [0.2, 0.25) is 10.0 Å². The van der Waals surface area contributed by atoms with E-state index in [2.05, 4.69) is 14.6 Å². The van der Waals surface area contributed by atoms with E-state index in [0.29, 0.717) is 5.39 Å². The Morgan fingerprint density at radius 2 is 2.00 bits per heavy atom. The molecule has 4 atom stereocenters. The smallest absolute Gasteiger partial charge is 0.385 e. The van der Waals surface area contributed by atoms with Crippen molar-refractivity contribution in [2.75, 3.05) is 6.26 Å². The highest BCUT2D eigenvalue weighted by molar-refractivity contribution is 7.89. The second kappa shape index (κ2) is 5.29. The first kappa shape index (κ1) is 17.5. The van der Waals surface area contributed by atoms with Crippen molar-refractivity contribution in [3.05, 3.63) is 29.5 Å². The average molecular weight is 387 g/mol. The number of sulfonamides is 1. The lowest BCUT2D eigenvalue weighted by atomic mass is 9.84. The van der Waals surface area contributed by atoms with Gasteiger partial charge in [-0.15, -0.1) is 0 Å². The molecular weight excluding hydrogens is 371 g/mol. The molecule has 1 aromatic heterocycles. The fraction of sp³-hybridized carbons (Fsp3) is 0.500. The molecule has 0 bridgehead atoms. The summed E-state index contributed by atoms with van der Waals surface area (Å²) in [5.74, 6) is -0.0281. The molecule has 0 aliphatic heterocycles. The highest BCUT2D eigenvalue weighted by Crippen LogP contribution is 2.63. The van der Waals surface area contributed by atoms with Crippen LogP contribution in [0.15, 0.2) is 22.7 Å². The number of benzene rings is 1. The van der Waals surface area contributed by atoms with Gasteiger partial charge in [-0.2, -0.15) is 22.7 Å². The number of nitrogens with zero attached hydrogens (tertiary/aromatic N) is 2. The molecule has 2 fully saturated rings. The van der Waals surface area contributed by atoms with Crippen LogP contribution >= 0.6 is 0 Å². The molecule has 1 aromatic carbocycles. The zero-order valence-corrected chi connectivity index (χ0v) is 14.5. The number of aliphatic hydroxyl groups is 1. The normalized spacial score (nSPS) is 31.7. The summed E-state index contributed by atoms with van der Waals surface area (Å²) in [5, 5.41) is 17.8. The van der Waals surface area contributed by atoms with Gasteiger partial charge in [0.1, 0.15) is 0 Å². The standard InChI is InChI=1S/C16H16F3N3O3S/c1-26(24,25)21-7-11-9-4-15(23,5-10(9)11)13-2-8(16(17,18)19)3-14-12(13)6-20-22-14/h2-3,6-7,9-11,23H,4-5H2,1H3,(H,20,22)/t9-,10+,11?,15?. The van der Waals surface area contributed by atoms with Gasteiger partial charge in [0.25, 0.3) is 0 Å². The first-order valence-electron chi connectivity index (χ1n) is 8.01. The van der Waals surface area contributed by atoms with E-state index in [4.69, 9.17) is 0 Å². The van der Waals surface area contributed by atoms with Crippen molar-refractivity contribution in [1.29, 1.82) is 0 Å². The molecule has 6 nitrogen and oxygen atoms in total. The molecular formula is C16H16F3N3O3S. The quantitative estimate of drug-likeness (QED) is 0.791. The van der Waals surface area contributed by atoms with E-state index in [9.17, 15) is 26.7 Å². The third-order valence-electron chi connectivity index (χ3n) is 5.36. The van der Waals surface area contributed by atoms with Crippen LogP contribution in [0.5, 0.6) is 0 Å². The minimum absolute atomic E-state index is 0.0157. The van der Waals surface area contributed by atoms with E-state index >= 15 is 0 Å².